The molecule has 102 valence electrons. The van der Waals surface area contributed by atoms with Crippen molar-refractivity contribution in [1.29, 1.82) is 0 Å². The van der Waals surface area contributed by atoms with Crippen molar-refractivity contribution in [3.63, 3.8) is 0 Å². The summed E-state index contributed by atoms with van der Waals surface area (Å²) in [6, 6.07) is 4.04. The minimum absolute atomic E-state index is 0.0422. The summed E-state index contributed by atoms with van der Waals surface area (Å²) in [6.07, 6.45) is 2.52. The number of nitrogens with zero attached hydrogens (tertiary/aromatic N) is 1. The van der Waals surface area contributed by atoms with Crippen LogP contribution in [-0.4, -0.2) is 16.9 Å². The van der Waals surface area contributed by atoms with Crippen LogP contribution in [-0.2, 0) is 4.79 Å². The number of nitro groups is 1. The first-order valence-corrected chi connectivity index (χ1v) is 6.37. The highest BCUT2D eigenvalue weighted by molar-refractivity contribution is 6.32. The number of carbonyl (C=O) groups is 1. The topological polar surface area (TPSA) is 98.3 Å². The third-order valence-corrected chi connectivity index (χ3v) is 3.64. The highest BCUT2D eigenvalue weighted by atomic mass is 35.5. The van der Waals surface area contributed by atoms with Crippen molar-refractivity contribution in [2.24, 2.45) is 11.7 Å². The molecule has 1 saturated carbocycles. The van der Waals surface area contributed by atoms with Gasteiger partial charge in [-0.1, -0.05) is 18.0 Å². The second-order valence-electron chi connectivity index (χ2n) is 4.61. The highest BCUT2D eigenvalue weighted by Gasteiger charge is 2.30. The Kier molecular flexibility index (Phi) is 4.01. The molecule has 2 rings (SSSR count). The van der Waals surface area contributed by atoms with Gasteiger partial charge in [-0.3, -0.25) is 14.9 Å². The van der Waals surface area contributed by atoms with E-state index in [1.807, 2.05) is 0 Å². The molecule has 0 aliphatic heterocycles. The minimum atomic E-state index is -0.584. The molecule has 0 spiro atoms. The Bertz CT molecular complexity index is 521. The van der Waals surface area contributed by atoms with E-state index in [2.05, 4.69) is 5.32 Å². The van der Waals surface area contributed by atoms with E-state index in [0.29, 0.717) is 5.69 Å². The Morgan fingerprint density at radius 3 is 2.79 bits per heavy atom. The maximum atomic E-state index is 12.0. The van der Waals surface area contributed by atoms with E-state index in [-0.39, 0.29) is 28.6 Å². The molecule has 6 nitrogen and oxygen atoms in total. The smallest absolute Gasteiger partial charge is 0.289 e. The standard InChI is InChI=1S/C12H14ClN3O3/c13-9-5-4-7(6-11(9)16(18)19)15-12(17)8-2-1-3-10(8)14/h4-6,8,10H,1-3,14H2,(H,15,17). The molecular formula is C12H14ClN3O3. The fourth-order valence-corrected chi connectivity index (χ4v) is 2.47. The molecule has 2 unspecified atom stereocenters. The van der Waals surface area contributed by atoms with Gasteiger partial charge in [0.05, 0.1) is 10.8 Å². The molecule has 7 heteroatoms. The molecule has 3 N–H and O–H groups in total. The SMILES string of the molecule is NC1CCCC1C(=O)Nc1ccc(Cl)c([N+](=O)[O-])c1. The zero-order valence-corrected chi connectivity index (χ0v) is 10.9. The van der Waals surface area contributed by atoms with Crippen LogP contribution in [0.25, 0.3) is 0 Å². The Morgan fingerprint density at radius 2 is 2.21 bits per heavy atom. The first-order chi connectivity index (χ1) is 8.99. The number of hydrogen-bond donors (Lipinski definition) is 2. The highest BCUT2D eigenvalue weighted by Crippen LogP contribution is 2.29. The molecule has 1 aromatic carbocycles. The number of nitrogens with one attached hydrogen (secondary N) is 1. The summed E-state index contributed by atoms with van der Waals surface area (Å²) in [6.45, 7) is 0. The third kappa shape index (κ3) is 3.02. The zero-order valence-electron chi connectivity index (χ0n) is 10.1. The molecule has 0 aromatic heterocycles. The first kappa shape index (κ1) is 13.8. The van der Waals surface area contributed by atoms with Gasteiger partial charge in [-0.25, -0.2) is 0 Å². The van der Waals surface area contributed by atoms with Crippen LogP contribution >= 0.6 is 11.6 Å². The Labute approximate surface area is 115 Å². The number of hydrogen-bond acceptors (Lipinski definition) is 4. The van der Waals surface area contributed by atoms with Crippen LogP contribution in [0.1, 0.15) is 19.3 Å². The first-order valence-electron chi connectivity index (χ1n) is 5.99. The van der Waals surface area contributed by atoms with Crippen molar-refractivity contribution in [3.8, 4) is 0 Å². The normalized spacial score (nSPS) is 22.2. The van der Waals surface area contributed by atoms with Gasteiger partial charge in [-0.05, 0) is 25.0 Å². The maximum Gasteiger partial charge on any atom is 0.289 e. The van der Waals surface area contributed by atoms with Crippen LogP contribution in [0.4, 0.5) is 11.4 Å². The van der Waals surface area contributed by atoms with Gasteiger partial charge >= 0.3 is 0 Å². The Balaban J connectivity index is 2.13. The molecule has 0 bridgehead atoms. The second-order valence-corrected chi connectivity index (χ2v) is 5.02. The van der Waals surface area contributed by atoms with Gasteiger partial charge in [0, 0.05) is 17.8 Å². The summed E-state index contributed by atoms with van der Waals surface area (Å²) in [5.41, 5.74) is 5.98. The van der Waals surface area contributed by atoms with Crippen molar-refractivity contribution in [1.82, 2.24) is 0 Å². The number of rotatable bonds is 3. The van der Waals surface area contributed by atoms with Crippen LogP contribution in [0.3, 0.4) is 0 Å². The van der Waals surface area contributed by atoms with Crippen molar-refractivity contribution in [2.45, 2.75) is 25.3 Å². The van der Waals surface area contributed by atoms with E-state index in [1.54, 1.807) is 0 Å². The lowest BCUT2D eigenvalue weighted by atomic mass is 10.0. The van der Waals surface area contributed by atoms with Crippen LogP contribution in [0.5, 0.6) is 0 Å². The van der Waals surface area contributed by atoms with Gasteiger partial charge in [0.2, 0.25) is 5.91 Å². The van der Waals surface area contributed by atoms with Crippen LogP contribution in [0.2, 0.25) is 5.02 Å². The van der Waals surface area contributed by atoms with E-state index < -0.39 is 4.92 Å². The fourth-order valence-electron chi connectivity index (χ4n) is 2.28. The molecule has 2 atom stereocenters. The van der Waals surface area contributed by atoms with Crippen molar-refractivity contribution in [3.05, 3.63) is 33.3 Å². The Hall–Kier alpha value is -1.66. The lowest BCUT2D eigenvalue weighted by Crippen LogP contribution is -2.34. The summed E-state index contributed by atoms with van der Waals surface area (Å²) < 4.78 is 0. The van der Waals surface area contributed by atoms with Gasteiger partial charge in [-0.2, -0.15) is 0 Å². The minimum Gasteiger partial charge on any atom is -0.327 e. The molecule has 0 heterocycles. The number of amides is 1. The van der Waals surface area contributed by atoms with Gasteiger partial charge in [0.15, 0.2) is 0 Å². The third-order valence-electron chi connectivity index (χ3n) is 3.32. The molecule has 1 amide bonds. The summed E-state index contributed by atoms with van der Waals surface area (Å²) in [5, 5.41) is 13.5. The average Bonchev–Trinajstić information content (AvgIpc) is 2.77. The molecular weight excluding hydrogens is 270 g/mol. The molecule has 19 heavy (non-hydrogen) atoms. The predicted molar refractivity (Wildman–Crippen MR) is 72.1 cm³/mol. The number of carbonyl (C=O) groups excluding carboxylic acids is 1. The monoisotopic (exact) mass is 283 g/mol. The Morgan fingerprint density at radius 1 is 1.47 bits per heavy atom. The molecule has 1 aliphatic carbocycles. The van der Waals surface area contributed by atoms with Gasteiger partial charge in [-0.15, -0.1) is 0 Å². The summed E-state index contributed by atoms with van der Waals surface area (Å²) >= 11 is 5.70. The van der Waals surface area contributed by atoms with E-state index in [1.165, 1.54) is 18.2 Å². The number of halogens is 1. The number of anilines is 1. The lowest BCUT2D eigenvalue weighted by Gasteiger charge is -2.15. The van der Waals surface area contributed by atoms with E-state index in [0.717, 1.165) is 19.3 Å². The van der Waals surface area contributed by atoms with Crippen molar-refractivity contribution in [2.75, 3.05) is 5.32 Å². The summed E-state index contributed by atoms with van der Waals surface area (Å²) in [7, 11) is 0. The molecule has 0 saturated heterocycles. The van der Waals surface area contributed by atoms with Gasteiger partial charge < -0.3 is 11.1 Å². The molecule has 0 radical (unpaired) electrons. The average molecular weight is 284 g/mol. The number of nitro benzene ring substituents is 1. The van der Waals surface area contributed by atoms with Crippen LogP contribution in [0.15, 0.2) is 18.2 Å². The summed E-state index contributed by atoms with van der Waals surface area (Å²) in [5.74, 6) is -0.420. The van der Waals surface area contributed by atoms with Crippen LogP contribution < -0.4 is 11.1 Å². The second kappa shape index (κ2) is 5.54. The molecule has 1 fully saturated rings. The predicted octanol–water partition coefficient (Wildman–Crippen LogP) is 2.31. The maximum absolute atomic E-state index is 12.0. The largest absolute Gasteiger partial charge is 0.327 e. The quantitative estimate of drug-likeness (QED) is 0.657. The van der Waals surface area contributed by atoms with Gasteiger partial charge in [0.25, 0.3) is 5.69 Å². The van der Waals surface area contributed by atoms with Crippen molar-refractivity contribution >= 4 is 28.9 Å². The van der Waals surface area contributed by atoms with Gasteiger partial charge in [0.1, 0.15) is 5.02 Å². The number of nitrogens with two attached hydrogens (primary N) is 1. The number of benzene rings is 1. The molecule has 1 aliphatic rings. The molecule has 1 aromatic rings. The van der Waals surface area contributed by atoms with E-state index in [4.69, 9.17) is 17.3 Å². The lowest BCUT2D eigenvalue weighted by molar-refractivity contribution is -0.384. The summed E-state index contributed by atoms with van der Waals surface area (Å²) in [4.78, 5) is 22.2. The fraction of sp³-hybridized carbons (Fsp3) is 0.417. The van der Waals surface area contributed by atoms with Crippen LogP contribution in [0, 0.1) is 16.0 Å². The van der Waals surface area contributed by atoms with E-state index in [9.17, 15) is 14.9 Å². The van der Waals surface area contributed by atoms with E-state index >= 15 is 0 Å². The zero-order chi connectivity index (χ0) is 14.0. The van der Waals surface area contributed by atoms with Crippen molar-refractivity contribution < 1.29 is 9.72 Å².